The van der Waals surface area contributed by atoms with E-state index in [0.717, 1.165) is 24.4 Å². The first kappa shape index (κ1) is 18.6. The van der Waals surface area contributed by atoms with Gasteiger partial charge in [-0.15, -0.1) is 0 Å². The summed E-state index contributed by atoms with van der Waals surface area (Å²) in [5.41, 5.74) is 0.930. The molecule has 0 saturated carbocycles. The maximum atomic E-state index is 12.5. The van der Waals surface area contributed by atoms with Crippen molar-refractivity contribution in [1.82, 2.24) is 10.2 Å². The number of benzene rings is 1. The van der Waals surface area contributed by atoms with Crippen molar-refractivity contribution in [3.63, 3.8) is 0 Å². The Labute approximate surface area is 157 Å². The normalized spacial score (nSPS) is 20.9. The summed E-state index contributed by atoms with van der Waals surface area (Å²) in [5.74, 6) is -0.347. The van der Waals surface area contributed by atoms with E-state index in [2.05, 4.69) is 10.2 Å². The maximum absolute atomic E-state index is 12.5. The van der Waals surface area contributed by atoms with E-state index in [0.29, 0.717) is 37.5 Å². The molecule has 2 aliphatic heterocycles. The predicted octanol–water partition coefficient (Wildman–Crippen LogP) is 2.43. The Bertz CT molecular complexity index is 676. The quantitative estimate of drug-likeness (QED) is 0.837. The molecule has 2 fully saturated rings. The van der Waals surface area contributed by atoms with Gasteiger partial charge in [-0.3, -0.25) is 4.79 Å². The Balaban J connectivity index is 1.54. The van der Waals surface area contributed by atoms with Crippen LogP contribution in [0.2, 0.25) is 5.02 Å². The van der Waals surface area contributed by atoms with E-state index in [9.17, 15) is 9.59 Å². The molecule has 1 atom stereocenters. The molecule has 0 spiro atoms. The third-order valence-corrected chi connectivity index (χ3v) is 5.36. The van der Waals surface area contributed by atoms with E-state index in [-0.39, 0.29) is 18.0 Å². The van der Waals surface area contributed by atoms with Gasteiger partial charge >= 0.3 is 12.0 Å². The highest BCUT2D eigenvalue weighted by atomic mass is 35.5. The van der Waals surface area contributed by atoms with Crippen molar-refractivity contribution in [3.05, 3.63) is 23.2 Å². The minimum Gasteiger partial charge on any atom is -0.495 e. The predicted molar refractivity (Wildman–Crippen MR) is 99.1 cm³/mol. The van der Waals surface area contributed by atoms with Crippen molar-refractivity contribution in [2.45, 2.75) is 25.3 Å². The SMILES string of the molecule is COc1ccc(Cl)cc1N1CCC(NC(=O)N2CCC(C(=O)O)CC2)C1. The van der Waals surface area contributed by atoms with Gasteiger partial charge in [0.1, 0.15) is 5.75 Å². The molecule has 2 heterocycles. The number of carboxylic acid groups (broad SMARTS) is 1. The van der Waals surface area contributed by atoms with Crippen molar-refractivity contribution < 1.29 is 19.4 Å². The fraction of sp³-hybridized carbons (Fsp3) is 0.556. The largest absolute Gasteiger partial charge is 0.495 e. The van der Waals surface area contributed by atoms with Crippen molar-refractivity contribution in [2.24, 2.45) is 5.92 Å². The van der Waals surface area contributed by atoms with E-state index < -0.39 is 5.97 Å². The van der Waals surface area contributed by atoms with Crippen LogP contribution in [0.1, 0.15) is 19.3 Å². The Morgan fingerprint density at radius 3 is 2.62 bits per heavy atom. The number of amides is 2. The molecule has 7 nitrogen and oxygen atoms in total. The summed E-state index contributed by atoms with van der Waals surface area (Å²) in [4.78, 5) is 27.3. The highest BCUT2D eigenvalue weighted by Crippen LogP contribution is 2.33. The van der Waals surface area contributed by atoms with Crippen molar-refractivity contribution in [2.75, 3.05) is 38.2 Å². The van der Waals surface area contributed by atoms with Gasteiger partial charge in [0.25, 0.3) is 0 Å². The molecule has 1 aromatic carbocycles. The Kier molecular flexibility index (Phi) is 5.76. The van der Waals surface area contributed by atoms with Gasteiger partial charge in [0.15, 0.2) is 0 Å². The topological polar surface area (TPSA) is 82.1 Å². The van der Waals surface area contributed by atoms with Gasteiger partial charge in [-0.25, -0.2) is 4.79 Å². The van der Waals surface area contributed by atoms with Crippen molar-refractivity contribution in [3.8, 4) is 5.75 Å². The molecular formula is C18H24ClN3O4. The van der Waals surface area contributed by atoms with Gasteiger partial charge in [-0.2, -0.15) is 0 Å². The fourth-order valence-electron chi connectivity index (χ4n) is 3.60. The number of carboxylic acids is 1. The molecule has 0 aromatic heterocycles. The summed E-state index contributed by atoms with van der Waals surface area (Å²) in [6.07, 6.45) is 1.87. The van der Waals surface area contributed by atoms with Gasteiger partial charge in [-0.05, 0) is 37.5 Å². The number of halogens is 1. The molecule has 8 heteroatoms. The van der Waals surface area contributed by atoms with Crippen molar-refractivity contribution in [1.29, 1.82) is 0 Å². The molecule has 0 aliphatic carbocycles. The lowest BCUT2D eigenvalue weighted by Gasteiger charge is -2.31. The number of carbonyl (C=O) groups is 2. The zero-order valence-electron chi connectivity index (χ0n) is 14.8. The van der Waals surface area contributed by atoms with Gasteiger partial charge in [-0.1, -0.05) is 11.6 Å². The summed E-state index contributed by atoms with van der Waals surface area (Å²) in [7, 11) is 1.63. The van der Waals surface area contributed by atoms with E-state index in [1.807, 2.05) is 12.1 Å². The Morgan fingerprint density at radius 1 is 1.23 bits per heavy atom. The molecule has 2 saturated heterocycles. The molecule has 1 unspecified atom stereocenters. The molecule has 0 bridgehead atoms. The Hall–Kier alpha value is -2.15. The second-order valence-corrected chi connectivity index (χ2v) is 7.23. The summed E-state index contributed by atoms with van der Waals surface area (Å²) in [5, 5.41) is 12.8. The molecule has 2 amide bonds. The molecule has 1 aromatic rings. The monoisotopic (exact) mass is 381 g/mol. The average Bonchev–Trinajstić information content (AvgIpc) is 3.10. The number of piperidine rings is 1. The number of nitrogens with zero attached hydrogens (tertiary/aromatic N) is 2. The van der Waals surface area contributed by atoms with Crippen LogP contribution in [0.4, 0.5) is 10.5 Å². The lowest BCUT2D eigenvalue weighted by Crippen LogP contribution is -2.49. The Morgan fingerprint density at radius 2 is 1.96 bits per heavy atom. The summed E-state index contributed by atoms with van der Waals surface area (Å²) in [6.45, 7) is 2.47. The van der Waals surface area contributed by atoms with Crippen LogP contribution in [0.25, 0.3) is 0 Å². The highest BCUT2D eigenvalue weighted by molar-refractivity contribution is 6.30. The minimum atomic E-state index is -0.771. The zero-order chi connectivity index (χ0) is 18.7. The van der Waals surface area contributed by atoms with Gasteiger partial charge < -0.3 is 25.0 Å². The standard InChI is InChI=1S/C18H24ClN3O4/c1-26-16-3-2-13(19)10-15(16)22-9-6-14(11-22)20-18(25)21-7-4-12(5-8-21)17(23)24/h2-3,10,12,14H,4-9,11H2,1H3,(H,20,25)(H,23,24). The second kappa shape index (κ2) is 8.03. The molecule has 0 radical (unpaired) electrons. The number of carbonyl (C=O) groups excluding carboxylic acids is 1. The summed E-state index contributed by atoms with van der Waals surface area (Å²) >= 11 is 6.11. The zero-order valence-corrected chi connectivity index (χ0v) is 15.5. The molecular weight excluding hydrogens is 358 g/mol. The smallest absolute Gasteiger partial charge is 0.317 e. The number of urea groups is 1. The van der Waals surface area contributed by atoms with Gasteiger partial charge in [0.05, 0.1) is 18.7 Å². The van der Waals surface area contributed by atoms with Crippen LogP contribution < -0.4 is 15.0 Å². The van der Waals surface area contributed by atoms with Crippen LogP contribution in [-0.4, -0.2) is 61.3 Å². The number of hydrogen-bond acceptors (Lipinski definition) is 4. The number of likely N-dealkylation sites (tertiary alicyclic amines) is 1. The number of methoxy groups -OCH3 is 1. The van der Waals surface area contributed by atoms with Crippen molar-refractivity contribution >= 4 is 29.3 Å². The van der Waals surface area contributed by atoms with Crippen LogP contribution in [0.15, 0.2) is 18.2 Å². The third kappa shape index (κ3) is 4.15. The average molecular weight is 382 g/mol. The van der Waals surface area contributed by atoms with E-state index in [1.165, 1.54) is 0 Å². The number of nitrogens with one attached hydrogen (secondary N) is 1. The molecule has 2 aliphatic rings. The maximum Gasteiger partial charge on any atom is 0.317 e. The van der Waals surface area contributed by atoms with E-state index >= 15 is 0 Å². The fourth-order valence-corrected chi connectivity index (χ4v) is 3.77. The summed E-state index contributed by atoms with van der Waals surface area (Å²) in [6, 6.07) is 5.44. The van der Waals surface area contributed by atoms with Crippen LogP contribution in [0.3, 0.4) is 0 Å². The van der Waals surface area contributed by atoms with E-state index in [1.54, 1.807) is 18.1 Å². The van der Waals surface area contributed by atoms with Gasteiger partial charge in [0, 0.05) is 37.2 Å². The molecule has 26 heavy (non-hydrogen) atoms. The number of rotatable bonds is 4. The van der Waals surface area contributed by atoms with Crippen LogP contribution in [0, 0.1) is 5.92 Å². The second-order valence-electron chi connectivity index (χ2n) is 6.80. The first-order valence-corrected chi connectivity index (χ1v) is 9.22. The lowest BCUT2D eigenvalue weighted by atomic mass is 9.97. The number of anilines is 1. The molecule has 3 rings (SSSR count). The first-order valence-electron chi connectivity index (χ1n) is 8.84. The molecule has 142 valence electrons. The molecule has 2 N–H and O–H groups in total. The van der Waals surface area contributed by atoms with Crippen LogP contribution in [0.5, 0.6) is 5.75 Å². The number of aliphatic carboxylic acids is 1. The third-order valence-electron chi connectivity index (χ3n) is 5.13. The van der Waals surface area contributed by atoms with Crippen LogP contribution >= 0.6 is 11.6 Å². The first-order chi connectivity index (χ1) is 12.5. The lowest BCUT2D eigenvalue weighted by molar-refractivity contribution is -0.143. The van der Waals surface area contributed by atoms with Crippen LogP contribution in [-0.2, 0) is 4.79 Å². The number of hydrogen-bond donors (Lipinski definition) is 2. The number of ether oxygens (including phenoxy) is 1. The summed E-state index contributed by atoms with van der Waals surface area (Å²) < 4.78 is 5.41. The minimum absolute atomic E-state index is 0.0448. The van der Waals surface area contributed by atoms with Gasteiger partial charge in [0.2, 0.25) is 0 Å². The highest BCUT2D eigenvalue weighted by Gasteiger charge is 2.30. The van der Waals surface area contributed by atoms with E-state index in [4.69, 9.17) is 21.4 Å².